The average Bonchev–Trinajstić information content (AvgIpc) is 3.11. The van der Waals surface area contributed by atoms with Gasteiger partial charge in [0.15, 0.2) is 0 Å². The number of rotatable bonds is 7. The lowest BCUT2D eigenvalue weighted by molar-refractivity contribution is 0.0942. The molecule has 0 aliphatic carbocycles. The standard InChI is InChI=1S/C21H25N3O3S2/c1-23(2)19(18-14-28-20-8-6-5-7-17(18)20)13-22-21(25)15-9-11-16(12-10-15)29(26,27)24(3)4/h5-12,14,19H,13H2,1-4H3,(H,22,25)/t19-/m1/s1. The van der Waals surface area contributed by atoms with Gasteiger partial charge in [-0.25, -0.2) is 12.7 Å². The maximum atomic E-state index is 12.6. The Morgan fingerprint density at radius 3 is 2.31 bits per heavy atom. The van der Waals surface area contributed by atoms with Crippen LogP contribution >= 0.6 is 11.3 Å². The number of sulfonamides is 1. The molecule has 1 heterocycles. The summed E-state index contributed by atoms with van der Waals surface area (Å²) in [5, 5.41) is 6.32. The zero-order chi connectivity index (χ0) is 21.2. The van der Waals surface area contributed by atoms with Gasteiger partial charge in [0.2, 0.25) is 10.0 Å². The number of fused-ring (bicyclic) bond motifs is 1. The molecular formula is C21H25N3O3S2. The number of carbonyl (C=O) groups excluding carboxylic acids is 1. The van der Waals surface area contributed by atoms with Crippen molar-refractivity contribution in [3.8, 4) is 0 Å². The highest BCUT2D eigenvalue weighted by atomic mass is 32.2. The molecule has 6 nitrogen and oxygen atoms in total. The van der Waals surface area contributed by atoms with Crippen molar-refractivity contribution in [3.05, 3.63) is 65.0 Å². The zero-order valence-corrected chi connectivity index (χ0v) is 18.5. The third kappa shape index (κ3) is 4.51. The maximum absolute atomic E-state index is 12.6. The summed E-state index contributed by atoms with van der Waals surface area (Å²) in [7, 11) is 3.43. The third-order valence-electron chi connectivity index (χ3n) is 4.84. The molecule has 0 aliphatic heterocycles. The second kappa shape index (κ2) is 8.62. The van der Waals surface area contributed by atoms with Gasteiger partial charge in [0, 0.05) is 30.9 Å². The average molecular weight is 432 g/mol. The van der Waals surface area contributed by atoms with Gasteiger partial charge in [-0.05, 0) is 60.8 Å². The highest BCUT2D eigenvalue weighted by Gasteiger charge is 2.20. The lowest BCUT2D eigenvalue weighted by Crippen LogP contribution is -2.34. The Hall–Kier alpha value is -2.26. The van der Waals surface area contributed by atoms with E-state index in [2.05, 4.69) is 27.7 Å². The van der Waals surface area contributed by atoms with Crippen LogP contribution in [-0.2, 0) is 10.0 Å². The molecule has 0 spiro atoms. The van der Waals surface area contributed by atoms with E-state index in [1.54, 1.807) is 11.3 Å². The second-order valence-electron chi connectivity index (χ2n) is 7.19. The Kier molecular flexibility index (Phi) is 6.38. The molecular weight excluding hydrogens is 406 g/mol. The van der Waals surface area contributed by atoms with Gasteiger partial charge in [0.25, 0.3) is 5.91 Å². The normalized spacial score (nSPS) is 13.2. The first-order valence-electron chi connectivity index (χ1n) is 9.15. The van der Waals surface area contributed by atoms with E-state index in [9.17, 15) is 13.2 Å². The van der Waals surface area contributed by atoms with Crippen LogP contribution in [0.5, 0.6) is 0 Å². The number of carbonyl (C=O) groups is 1. The predicted molar refractivity (Wildman–Crippen MR) is 118 cm³/mol. The number of nitrogens with one attached hydrogen (secondary N) is 1. The van der Waals surface area contributed by atoms with E-state index in [4.69, 9.17) is 0 Å². The Balaban J connectivity index is 1.74. The van der Waals surface area contributed by atoms with Crippen molar-refractivity contribution in [1.82, 2.24) is 14.5 Å². The Bertz CT molecular complexity index is 1100. The number of amides is 1. The van der Waals surface area contributed by atoms with E-state index in [0.29, 0.717) is 12.1 Å². The summed E-state index contributed by atoms with van der Waals surface area (Å²) in [5.74, 6) is -0.231. The molecule has 0 fully saturated rings. The Morgan fingerprint density at radius 2 is 1.69 bits per heavy atom. The summed E-state index contributed by atoms with van der Waals surface area (Å²) in [6.45, 7) is 0.449. The molecule has 154 valence electrons. The highest BCUT2D eigenvalue weighted by Crippen LogP contribution is 2.32. The first-order valence-corrected chi connectivity index (χ1v) is 11.5. The van der Waals surface area contributed by atoms with Gasteiger partial charge in [0.1, 0.15) is 0 Å². The van der Waals surface area contributed by atoms with Crippen LogP contribution in [0.4, 0.5) is 0 Å². The van der Waals surface area contributed by atoms with E-state index >= 15 is 0 Å². The van der Waals surface area contributed by atoms with E-state index in [-0.39, 0.29) is 16.8 Å². The molecule has 0 unspecified atom stereocenters. The van der Waals surface area contributed by atoms with E-state index < -0.39 is 10.0 Å². The van der Waals surface area contributed by atoms with Crippen LogP contribution in [0.3, 0.4) is 0 Å². The van der Waals surface area contributed by atoms with Gasteiger partial charge in [-0.1, -0.05) is 18.2 Å². The fourth-order valence-corrected chi connectivity index (χ4v) is 5.02. The number of nitrogens with zero attached hydrogens (tertiary/aromatic N) is 2. The fraction of sp³-hybridized carbons (Fsp3) is 0.286. The van der Waals surface area contributed by atoms with Crippen molar-refractivity contribution in [1.29, 1.82) is 0 Å². The summed E-state index contributed by atoms with van der Waals surface area (Å²) in [5.41, 5.74) is 1.61. The monoisotopic (exact) mass is 431 g/mol. The molecule has 1 N–H and O–H groups in total. The Morgan fingerprint density at radius 1 is 1.03 bits per heavy atom. The molecule has 0 aliphatic rings. The lowest BCUT2D eigenvalue weighted by Gasteiger charge is -2.24. The smallest absolute Gasteiger partial charge is 0.251 e. The summed E-state index contributed by atoms with van der Waals surface area (Å²) < 4.78 is 26.7. The van der Waals surface area contributed by atoms with Crippen LogP contribution in [0.1, 0.15) is 22.0 Å². The van der Waals surface area contributed by atoms with Crippen molar-refractivity contribution in [3.63, 3.8) is 0 Å². The lowest BCUT2D eigenvalue weighted by atomic mass is 10.0. The van der Waals surface area contributed by atoms with E-state index in [1.807, 2.05) is 26.2 Å². The van der Waals surface area contributed by atoms with Crippen LogP contribution in [-0.4, -0.2) is 58.3 Å². The quantitative estimate of drug-likeness (QED) is 0.624. The van der Waals surface area contributed by atoms with Gasteiger partial charge in [-0.2, -0.15) is 0 Å². The van der Waals surface area contributed by atoms with Crippen molar-refractivity contribution in [2.45, 2.75) is 10.9 Å². The summed E-state index contributed by atoms with van der Waals surface area (Å²) in [6.07, 6.45) is 0. The Labute approximate surface area is 175 Å². The minimum atomic E-state index is -3.51. The van der Waals surface area contributed by atoms with Crippen molar-refractivity contribution < 1.29 is 13.2 Å². The number of hydrogen-bond acceptors (Lipinski definition) is 5. The molecule has 3 aromatic rings. The molecule has 0 saturated heterocycles. The number of thiophene rings is 1. The van der Waals surface area contributed by atoms with Crippen molar-refractivity contribution >= 4 is 37.4 Å². The maximum Gasteiger partial charge on any atom is 0.251 e. The zero-order valence-electron chi connectivity index (χ0n) is 16.9. The summed E-state index contributed by atoms with van der Waals surface area (Å²) >= 11 is 1.70. The van der Waals surface area contributed by atoms with E-state index in [1.165, 1.54) is 54.0 Å². The van der Waals surface area contributed by atoms with Gasteiger partial charge in [0.05, 0.1) is 10.9 Å². The molecule has 0 saturated carbocycles. The molecule has 1 atom stereocenters. The molecule has 3 rings (SSSR count). The molecule has 0 bridgehead atoms. The minimum Gasteiger partial charge on any atom is -0.350 e. The molecule has 2 aromatic carbocycles. The first-order chi connectivity index (χ1) is 13.7. The van der Waals surface area contributed by atoms with Crippen molar-refractivity contribution in [2.75, 3.05) is 34.7 Å². The summed E-state index contributed by atoms with van der Waals surface area (Å²) in [4.78, 5) is 14.9. The van der Waals surface area contributed by atoms with E-state index in [0.717, 1.165) is 4.31 Å². The largest absolute Gasteiger partial charge is 0.350 e. The minimum absolute atomic E-state index is 0.0310. The molecule has 1 amide bonds. The van der Waals surface area contributed by atoms with Gasteiger partial charge in [-0.3, -0.25) is 4.79 Å². The van der Waals surface area contributed by atoms with Gasteiger partial charge >= 0.3 is 0 Å². The van der Waals surface area contributed by atoms with Gasteiger partial charge < -0.3 is 10.2 Å². The highest BCUT2D eigenvalue weighted by molar-refractivity contribution is 7.89. The molecule has 29 heavy (non-hydrogen) atoms. The third-order valence-corrected chi connectivity index (χ3v) is 7.66. The SMILES string of the molecule is CN(C)[C@H](CNC(=O)c1ccc(S(=O)(=O)N(C)C)cc1)c1csc2ccccc12. The van der Waals surface area contributed by atoms with Crippen LogP contribution in [0.2, 0.25) is 0 Å². The molecule has 8 heteroatoms. The van der Waals surface area contributed by atoms with Crippen LogP contribution in [0.15, 0.2) is 58.8 Å². The topological polar surface area (TPSA) is 69.7 Å². The van der Waals surface area contributed by atoms with Crippen LogP contribution < -0.4 is 5.32 Å². The van der Waals surface area contributed by atoms with Crippen LogP contribution in [0.25, 0.3) is 10.1 Å². The van der Waals surface area contributed by atoms with Crippen molar-refractivity contribution in [2.24, 2.45) is 0 Å². The van der Waals surface area contributed by atoms with Crippen LogP contribution in [0, 0.1) is 0 Å². The first kappa shape index (κ1) is 21.4. The molecule has 1 aromatic heterocycles. The fourth-order valence-electron chi connectivity index (χ4n) is 3.11. The summed E-state index contributed by atoms with van der Waals surface area (Å²) in [6, 6.07) is 14.3. The number of likely N-dealkylation sites (N-methyl/N-ethyl adjacent to an activating group) is 1. The molecule has 0 radical (unpaired) electrons. The number of hydrogen-bond donors (Lipinski definition) is 1. The predicted octanol–water partition coefficient (Wildman–Crippen LogP) is 3.18. The van der Waals surface area contributed by atoms with Gasteiger partial charge in [-0.15, -0.1) is 11.3 Å². The number of benzene rings is 2. The second-order valence-corrected chi connectivity index (χ2v) is 10.3.